The van der Waals surface area contributed by atoms with Gasteiger partial charge in [-0.2, -0.15) is 0 Å². The number of hydrogen-bond acceptors (Lipinski definition) is 4. The quantitative estimate of drug-likeness (QED) is 0.593. The molecule has 1 aliphatic rings. The zero-order chi connectivity index (χ0) is 23.1. The molecule has 1 aliphatic heterocycles. The first-order valence-corrected chi connectivity index (χ1v) is 13.3. The second kappa shape index (κ2) is 8.26. The van der Waals surface area contributed by atoms with Gasteiger partial charge in [-0.3, -0.25) is 9.03 Å². The van der Waals surface area contributed by atoms with Gasteiger partial charge in [-0.05, 0) is 80.6 Å². The summed E-state index contributed by atoms with van der Waals surface area (Å²) in [6, 6.07) is 17.1. The second-order valence-electron chi connectivity index (χ2n) is 8.21. The van der Waals surface area contributed by atoms with Crippen molar-refractivity contribution in [3.8, 4) is 0 Å². The first-order chi connectivity index (χ1) is 15.1. The van der Waals surface area contributed by atoms with Crippen LogP contribution in [0.5, 0.6) is 0 Å². The zero-order valence-corrected chi connectivity index (χ0v) is 19.9. The van der Waals surface area contributed by atoms with Gasteiger partial charge in [0.1, 0.15) is 0 Å². The van der Waals surface area contributed by atoms with Gasteiger partial charge >= 0.3 is 0 Å². The number of benzene rings is 3. The van der Waals surface area contributed by atoms with E-state index in [1.54, 1.807) is 61.5 Å². The Hall–Kier alpha value is -2.84. The number of aryl methyl sites for hydroxylation is 4. The predicted molar refractivity (Wildman–Crippen MR) is 127 cm³/mol. The largest absolute Gasteiger partial charge is 0.280 e. The fourth-order valence-corrected chi connectivity index (χ4v) is 6.81. The van der Waals surface area contributed by atoms with Crippen LogP contribution in [0, 0.1) is 20.8 Å². The van der Waals surface area contributed by atoms with Crippen molar-refractivity contribution < 1.29 is 16.8 Å². The third kappa shape index (κ3) is 4.25. The Morgan fingerprint density at radius 2 is 1.50 bits per heavy atom. The van der Waals surface area contributed by atoms with Crippen LogP contribution in [-0.4, -0.2) is 23.4 Å². The summed E-state index contributed by atoms with van der Waals surface area (Å²) in [5, 5.41) is 0. The Morgan fingerprint density at radius 3 is 2.22 bits per heavy atom. The van der Waals surface area contributed by atoms with E-state index in [-0.39, 0.29) is 9.79 Å². The lowest BCUT2D eigenvalue weighted by atomic mass is 10.0. The molecule has 0 amide bonds. The monoisotopic (exact) mass is 470 g/mol. The first kappa shape index (κ1) is 22.4. The van der Waals surface area contributed by atoms with Gasteiger partial charge in [-0.25, -0.2) is 16.8 Å². The van der Waals surface area contributed by atoms with Crippen LogP contribution >= 0.6 is 0 Å². The lowest BCUT2D eigenvalue weighted by Gasteiger charge is -2.31. The number of fused-ring (bicyclic) bond motifs is 1. The van der Waals surface area contributed by atoms with E-state index in [0.29, 0.717) is 29.9 Å². The van der Waals surface area contributed by atoms with Gasteiger partial charge < -0.3 is 0 Å². The van der Waals surface area contributed by atoms with Crippen molar-refractivity contribution in [2.75, 3.05) is 15.6 Å². The van der Waals surface area contributed by atoms with E-state index in [1.165, 1.54) is 4.31 Å². The number of nitrogens with one attached hydrogen (secondary N) is 1. The van der Waals surface area contributed by atoms with E-state index in [2.05, 4.69) is 4.72 Å². The Bertz CT molecular complexity index is 1380. The zero-order valence-electron chi connectivity index (χ0n) is 18.3. The van der Waals surface area contributed by atoms with E-state index in [1.807, 2.05) is 19.9 Å². The summed E-state index contributed by atoms with van der Waals surface area (Å²) in [6.45, 7) is 5.83. The topological polar surface area (TPSA) is 83.6 Å². The van der Waals surface area contributed by atoms with Crippen molar-refractivity contribution in [2.45, 2.75) is 43.4 Å². The molecule has 168 valence electrons. The molecule has 0 aromatic heterocycles. The van der Waals surface area contributed by atoms with Crippen LogP contribution in [-0.2, 0) is 26.5 Å². The molecular weight excluding hydrogens is 444 g/mol. The van der Waals surface area contributed by atoms with Crippen LogP contribution in [0.15, 0.2) is 70.5 Å². The lowest BCUT2D eigenvalue weighted by Crippen LogP contribution is -2.35. The minimum Gasteiger partial charge on any atom is -0.280 e. The van der Waals surface area contributed by atoms with Crippen LogP contribution < -0.4 is 9.03 Å². The van der Waals surface area contributed by atoms with Crippen LogP contribution in [0.2, 0.25) is 0 Å². The Kier molecular flexibility index (Phi) is 5.77. The van der Waals surface area contributed by atoms with Gasteiger partial charge in [0.15, 0.2) is 0 Å². The minimum atomic E-state index is -3.82. The van der Waals surface area contributed by atoms with Crippen LogP contribution in [0.1, 0.15) is 28.7 Å². The summed E-state index contributed by atoms with van der Waals surface area (Å²) in [7, 11) is -7.58. The van der Waals surface area contributed by atoms with Crippen molar-refractivity contribution in [2.24, 2.45) is 0 Å². The highest BCUT2D eigenvalue weighted by Gasteiger charge is 2.29. The molecule has 32 heavy (non-hydrogen) atoms. The SMILES string of the molecule is Cc1ccc(S(=O)(=O)N2CCCc3ccc(NS(=O)(=O)c4cc(C)ccc4C)cc32)cc1. The molecule has 0 atom stereocenters. The predicted octanol–water partition coefficient (Wildman–Crippen LogP) is 4.55. The van der Waals surface area contributed by atoms with Crippen molar-refractivity contribution in [1.29, 1.82) is 0 Å². The highest BCUT2D eigenvalue weighted by atomic mass is 32.2. The summed E-state index contributed by atoms with van der Waals surface area (Å²) in [6.07, 6.45) is 1.44. The molecule has 1 N–H and O–H groups in total. The van der Waals surface area contributed by atoms with Gasteiger partial charge in [0.2, 0.25) is 0 Å². The van der Waals surface area contributed by atoms with E-state index in [0.717, 1.165) is 23.1 Å². The molecule has 0 saturated carbocycles. The molecule has 0 aliphatic carbocycles. The van der Waals surface area contributed by atoms with Crippen LogP contribution in [0.25, 0.3) is 0 Å². The molecule has 0 radical (unpaired) electrons. The Morgan fingerprint density at radius 1 is 0.812 bits per heavy atom. The van der Waals surface area contributed by atoms with Crippen LogP contribution in [0.4, 0.5) is 11.4 Å². The van der Waals surface area contributed by atoms with Crippen molar-refractivity contribution in [3.63, 3.8) is 0 Å². The maximum Gasteiger partial charge on any atom is 0.264 e. The number of sulfonamides is 2. The second-order valence-corrected chi connectivity index (χ2v) is 11.7. The summed E-state index contributed by atoms with van der Waals surface area (Å²) >= 11 is 0. The summed E-state index contributed by atoms with van der Waals surface area (Å²) in [5.74, 6) is 0. The lowest BCUT2D eigenvalue weighted by molar-refractivity contribution is 0.586. The maximum atomic E-state index is 13.3. The third-order valence-electron chi connectivity index (χ3n) is 5.66. The van der Waals surface area contributed by atoms with Crippen LogP contribution in [0.3, 0.4) is 0 Å². The molecule has 0 unspecified atom stereocenters. The molecule has 1 heterocycles. The number of anilines is 2. The van der Waals surface area contributed by atoms with E-state index in [9.17, 15) is 16.8 Å². The average Bonchev–Trinajstić information content (AvgIpc) is 2.75. The fraction of sp³-hybridized carbons (Fsp3) is 0.250. The number of hydrogen-bond donors (Lipinski definition) is 1. The molecule has 0 bridgehead atoms. The highest BCUT2D eigenvalue weighted by molar-refractivity contribution is 7.93. The van der Waals surface area contributed by atoms with Gasteiger partial charge in [0, 0.05) is 6.54 Å². The minimum absolute atomic E-state index is 0.208. The highest BCUT2D eigenvalue weighted by Crippen LogP contribution is 2.35. The smallest absolute Gasteiger partial charge is 0.264 e. The van der Waals surface area contributed by atoms with Gasteiger partial charge in [-0.1, -0.05) is 35.9 Å². The van der Waals surface area contributed by atoms with E-state index >= 15 is 0 Å². The normalized spacial score (nSPS) is 14.2. The molecule has 0 fully saturated rings. The summed E-state index contributed by atoms with van der Waals surface area (Å²) in [4.78, 5) is 0.427. The van der Waals surface area contributed by atoms with E-state index in [4.69, 9.17) is 0 Å². The molecule has 3 aromatic carbocycles. The summed E-state index contributed by atoms with van der Waals surface area (Å²) in [5.41, 5.74) is 4.18. The van der Waals surface area contributed by atoms with Crippen molar-refractivity contribution in [3.05, 3.63) is 82.9 Å². The van der Waals surface area contributed by atoms with Gasteiger partial charge in [0.05, 0.1) is 21.2 Å². The molecule has 0 saturated heterocycles. The molecule has 8 heteroatoms. The van der Waals surface area contributed by atoms with Crippen molar-refractivity contribution in [1.82, 2.24) is 0 Å². The fourth-order valence-electron chi connectivity index (χ4n) is 3.90. The molecule has 3 aromatic rings. The standard InChI is InChI=1S/C24H26N2O4S2/c1-17-7-12-22(13-8-17)32(29,30)26-14-4-5-20-10-11-21(16-23(20)26)25-31(27,28)24-15-18(2)6-9-19(24)3/h6-13,15-16,25H,4-5,14H2,1-3H3. The van der Waals surface area contributed by atoms with Gasteiger partial charge in [0.25, 0.3) is 20.0 Å². The Labute approximate surface area is 190 Å². The molecule has 4 rings (SSSR count). The molecule has 6 nitrogen and oxygen atoms in total. The first-order valence-electron chi connectivity index (χ1n) is 10.4. The third-order valence-corrected chi connectivity index (χ3v) is 9.01. The number of nitrogens with zero attached hydrogens (tertiary/aromatic N) is 1. The molecule has 0 spiro atoms. The molecular formula is C24H26N2O4S2. The summed E-state index contributed by atoms with van der Waals surface area (Å²) < 4.78 is 56.8. The Balaban J connectivity index is 1.72. The number of rotatable bonds is 5. The average molecular weight is 471 g/mol. The van der Waals surface area contributed by atoms with Crippen molar-refractivity contribution >= 4 is 31.4 Å². The van der Waals surface area contributed by atoms with Gasteiger partial charge in [-0.15, -0.1) is 0 Å². The maximum absolute atomic E-state index is 13.3. The van der Waals surface area contributed by atoms with E-state index < -0.39 is 20.0 Å².